The molecule has 0 radical (unpaired) electrons. The number of nitrogens with zero attached hydrogens (tertiary/aromatic N) is 2. The van der Waals surface area contributed by atoms with E-state index in [1.54, 1.807) is 19.0 Å². The van der Waals surface area contributed by atoms with Crippen molar-refractivity contribution in [3.63, 3.8) is 0 Å². The van der Waals surface area contributed by atoms with Crippen molar-refractivity contribution in [2.24, 2.45) is 5.92 Å². The van der Waals surface area contributed by atoms with Gasteiger partial charge >= 0.3 is 6.03 Å². The Morgan fingerprint density at radius 3 is 2.76 bits per heavy atom. The largest absolute Gasteiger partial charge is 0.349 e. The average molecular weight is 367 g/mol. The summed E-state index contributed by atoms with van der Waals surface area (Å²) < 4.78 is 0. The summed E-state index contributed by atoms with van der Waals surface area (Å²) in [5.41, 5.74) is 1.58. The van der Waals surface area contributed by atoms with E-state index in [9.17, 15) is 9.59 Å². The minimum atomic E-state index is -0.0573. The maximum atomic E-state index is 12.8. The zero-order valence-corrected chi connectivity index (χ0v) is 15.6. The molecule has 4 rings (SSSR count). The number of hydrogen-bond acceptors (Lipinski definition) is 3. The van der Waals surface area contributed by atoms with E-state index in [0.717, 1.165) is 37.3 Å². The van der Waals surface area contributed by atoms with Gasteiger partial charge in [0, 0.05) is 38.9 Å². The van der Waals surface area contributed by atoms with Gasteiger partial charge in [0.05, 0.1) is 6.42 Å². The number of para-hydroxylation sites is 1. The highest BCUT2D eigenvalue weighted by molar-refractivity contribution is 5.91. The molecule has 0 aromatic heterocycles. The molecule has 0 saturated carbocycles. The molecule has 2 N–H and O–H groups in total. The van der Waals surface area contributed by atoms with Crippen LogP contribution >= 0.6 is 12.4 Å². The molecule has 6 nitrogen and oxygen atoms in total. The summed E-state index contributed by atoms with van der Waals surface area (Å²) in [5, 5.41) is 6.46. The summed E-state index contributed by atoms with van der Waals surface area (Å²) in [7, 11) is 3.48. The van der Waals surface area contributed by atoms with Gasteiger partial charge in [0.15, 0.2) is 0 Å². The number of carbonyl (C=O) groups excluding carboxylic acids is 2. The van der Waals surface area contributed by atoms with E-state index in [1.165, 1.54) is 6.42 Å². The SMILES string of the molecule is CN(C)C(=O)Cc1ccccc1NC(=O)N1C[C@@H]2CC[C@H]1CNC2.Cl. The van der Waals surface area contributed by atoms with Crippen LogP contribution in [0.3, 0.4) is 0 Å². The van der Waals surface area contributed by atoms with Crippen LogP contribution in [0.2, 0.25) is 0 Å². The topological polar surface area (TPSA) is 64.7 Å². The van der Waals surface area contributed by atoms with Crippen LogP contribution in [0, 0.1) is 5.92 Å². The Hall–Kier alpha value is -1.79. The molecule has 1 aromatic carbocycles. The molecule has 0 aliphatic carbocycles. The summed E-state index contributed by atoms with van der Waals surface area (Å²) in [6.45, 7) is 2.67. The van der Waals surface area contributed by atoms with Gasteiger partial charge in [0.2, 0.25) is 5.91 Å². The molecule has 7 heteroatoms. The molecule has 3 amide bonds. The Kier molecular flexibility index (Phi) is 6.67. The van der Waals surface area contributed by atoms with Crippen LogP contribution in [-0.2, 0) is 11.2 Å². The molecule has 3 saturated heterocycles. The fourth-order valence-electron chi connectivity index (χ4n) is 3.49. The maximum absolute atomic E-state index is 12.8. The molecule has 1 aromatic rings. The second kappa shape index (κ2) is 8.54. The maximum Gasteiger partial charge on any atom is 0.322 e. The zero-order chi connectivity index (χ0) is 17.1. The van der Waals surface area contributed by atoms with Gasteiger partial charge in [-0.25, -0.2) is 4.79 Å². The number of rotatable bonds is 3. The first-order chi connectivity index (χ1) is 11.5. The van der Waals surface area contributed by atoms with Crippen molar-refractivity contribution < 1.29 is 9.59 Å². The first-order valence-electron chi connectivity index (χ1n) is 8.61. The highest BCUT2D eigenvalue weighted by Gasteiger charge is 2.34. The van der Waals surface area contributed by atoms with E-state index in [0.29, 0.717) is 5.92 Å². The normalized spacial score (nSPS) is 21.9. The predicted molar refractivity (Wildman–Crippen MR) is 101 cm³/mol. The number of carbonyl (C=O) groups is 2. The molecule has 0 unspecified atom stereocenters. The van der Waals surface area contributed by atoms with Gasteiger partial charge in [-0.1, -0.05) is 18.2 Å². The first-order valence-corrected chi connectivity index (χ1v) is 8.61. The number of anilines is 1. The van der Waals surface area contributed by atoms with Crippen molar-refractivity contribution in [2.75, 3.05) is 39.0 Å². The average Bonchev–Trinajstić information content (AvgIpc) is 2.92. The Morgan fingerprint density at radius 1 is 1.24 bits per heavy atom. The number of piperidine rings is 1. The van der Waals surface area contributed by atoms with Gasteiger partial charge in [-0.05, 0) is 36.9 Å². The smallest absolute Gasteiger partial charge is 0.322 e. The minimum Gasteiger partial charge on any atom is -0.349 e. The van der Waals surface area contributed by atoms with Gasteiger partial charge in [0.1, 0.15) is 0 Å². The molecule has 2 bridgehead atoms. The Morgan fingerprint density at radius 2 is 2.00 bits per heavy atom. The molecule has 25 heavy (non-hydrogen) atoms. The lowest BCUT2D eigenvalue weighted by atomic mass is 9.95. The number of benzene rings is 1. The number of halogens is 1. The fourth-order valence-corrected chi connectivity index (χ4v) is 3.49. The summed E-state index contributed by atoms with van der Waals surface area (Å²) >= 11 is 0. The van der Waals surface area contributed by atoms with Crippen LogP contribution in [-0.4, -0.2) is 61.5 Å². The number of likely N-dealkylation sites (N-methyl/N-ethyl adjacent to an activating group) is 1. The number of fused-ring (bicyclic) bond motifs is 4. The zero-order valence-electron chi connectivity index (χ0n) is 14.8. The van der Waals surface area contributed by atoms with E-state index < -0.39 is 0 Å². The van der Waals surface area contributed by atoms with E-state index in [1.807, 2.05) is 29.2 Å². The lowest BCUT2D eigenvalue weighted by Gasteiger charge is -2.36. The number of amides is 3. The first kappa shape index (κ1) is 19.5. The van der Waals surface area contributed by atoms with Crippen molar-refractivity contribution in [1.29, 1.82) is 0 Å². The third-order valence-electron chi connectivity index (χ3n) is 4.98. The van der Waals surface area contributed by atoms with E-state index in [2.05, 4.69) is 10.6 Å². The van der Waals surface area contributed by atoms with Gasteiger partial charge in [-0.3, -0.25) is 4.79 Å². The van der Waals surface area contributed by atoms with Crippen molar-refractivity contribution in [1.82, 2.24) is 15.1 Å². The highest BCUT2D eigenvalue weighted by Crippen LogP contribution is 2.25. The lowest BCUT2D eigenvalue weighted by molar-refractivity contribution is -0.127. The van der Waals surface area contributed by atoms with Crippen molar-refractivity contribution in [2.45, 2.75) is 25.3 Å². The Bertz CT molecular complexity index is 619. The molecular formula is C18H27ClN4O2. The van der Waals surface area contributed by atoms with Crippen LogP contribution in [0.1, 0.15) is 18.4 Å². The molecule has 2 atom stereocenters. The lowest BCUT2D eigenvalue weighted by Crippen LogP contribution is -2.49. The summed E-state index contributed by atoms with van der Waals surface area (Å²) in [6.07, 6.45) is 2.54. The monoisotopic (exact) mass is 366 g/mol. The van der Waals surface area contributed by atoms with Gasteiger partial charge in [-0.2, -0.15) is 0 Å². The van der Waals surface area contributed by atoms with Crippen molar-refractivity contribution in [3.05, 3.63) is 29.8 Å². The molecule has 3 fully saturated rings. The standard InChI is InChI=1S/C18H26N4O2.ClH/c1-21(2)17(23)9-14-5-3-4-6-16(14)20-18(24)22-12-13-7-8-15(22)11-19-10-13;/h3-6,13,15,19H,7-12H2,1-2H3,(H,20,24);1H/t13-,15+;/m1./s1. The molecule has 138 valence electrons. The second-order valence-electron chi connectivity index (χ2n) is 6.96. The Balaban J connectivity index is 0.00000225. The van der Waals surface area contributed by atoms with Crippen molar-refractivity contribution >= 4 is 30.0 Å². The molecular weight excluding hydrogens is 340 g/mol. The van der Waals surface area contributed by atoms with Crippen LogP contribution < -0.4 is 10.6 Å². The third kappa shape index (κ3) is 4.64. The van der Waals surface area contributed by atoms with Gasteiger partial charge < -0.3 is 20.4 Å². The fraction of sp³-hybridized carbons (Fsp3) is 0.556. The van der Waals surface area contributed by atoms with E-state index >= 15 is 0 Å². The van der Waals surface area contributed by atoms with E-state index in [4.69, 9.17) is 0 Å². The second-order valence-corrected chi connectivity index (χ2v) is 6.96. The summed E-state index contributed by atoms with van der Waals surface area (Å²) in [4.78, 5) is 28.3. The number of hydrogen-bond donors (Lipinski definition) is 2. The molecule has 3 heterocycles. The van der Waals surface area contributed by atoms with Crippen LogP contribution in [0.4, 0.5) is 10.5 Å². The number of urea groups is 1. The number of nitrogens with one attached hydrogen (secondary N) is 2. The van der Waals surface area contributed by atoms with Crippen LogP contribution in [0.25, 0.3) is 0 Å². The Labute approximate surface area is 155 Å². The van der Waals surface area contributed by atoms with Gasteiger partial charge in [0.25, 0.3) is 0 Å². The molecule has 3 aliphatic rings. The quantitative estimate of drug-likeness (QED) is 0.859. The molecule has 3 aliphatic heterocycles. The minimum absolute atomic E-state index is 0. The van der Waals surface area contributed by atoms with Gasteiger partial charge in [-0.15, -0.1) is 12.4 Å². The summed E-state index contributed by atoms with van der Waals surface area (Å²) in [5.74, 6) is 0.565. The third-order valence-corrected chi connectivity index (χ3v) is 4.98. The van der Waals surface area contributed by atoms with Crippen LogP contribution in [0.5, 0.6) is 0 Å². The molecule has 0 spiro atoms. The van der Waals surface area contributed by atoms with Crippen molar-refractivity contribution in [3.8, 4) is 0 Å². The predicted octanol–water partition coefficient (Wildman–Crippen LogP) is 1.95. The van der Waals surface area contributed by atoms with E-state index in [-0.39, 0.29) is 36.8 Å². The summed E-state index contributed by atoms with van der Waals surface area (Å²) in [6, 6.07) is 7.75. The highest BCUT2D eigenvalue weighted by atomic mass is 35.5. The van der Waals surface area contributed by atoms with Crippen LogP contribution in [0.15, 0.2) is 24.3 Å².